The molecular formula is C23H27F3N4O3S. The Morgan fingerprint density at radius 1 is 1.03 bits per heavy atom. The fourth-order valence-electron chi connectivity index (χ4n) is 3.04. The molecule has 0 saturated heterocycles. The van der Waals surface area contributed by atoms with Crippen molar-refractivity contribution < 1.29 is 26.9 Å². The molecule has 0 aliphatic heterocycles. The van der Waals surface area contributed by atoms with E-state index in [4.69, 9.17) is 9.47 Å². The average Bonchev–Trinajstić information content (AvgIpc) is 3.24. The van der Waals surface area contributed by atoms with E-state index in [0.29, 0.717) is 17.9 Å². The lowest BCUT2D eigenvalue weighted by Crippen LogP contribution is -2.27. The van der Waals surface area contributed by atoms with Crippen molar-refractivity contribution >= 4 is 10.8 Å². The number of hydrogen-bond acceptors (Lipinski definition) is 6. The second-order valence-electron chi connectivity index (χ2n) is 8.69. The first kappa shape index (κ1) is 25.7. The number of alkyl halides is 3. The molecule has 2 atom stereocenters. The molecule has 0 fully saturated rings. The molecule has 7 nitrogen and oxygen atoms in total. The van der Waals surface area contributed by atoms with E-state index in [0.717, 1.165) is 11.3 Å². The van der Waals surface area contributed by atoms with Crippen molar-refractivity contribution in [3.8, 4) is 11.5 Å². The fraction of sp³-hybridized carbons (Fsp3) is 0.435. The molecule has 2 heterocycles. The highest BCUT2D eigenvalue weighted by atomic mass is 32.2. The molecule has 0 bridgehead atoms. The van der Waals surface area contributed by atoms with E-state index in [-0.39, 0.29) is 11.5 Å². The number of aromatic nitrogens is 4. The summed E-state index contributed by atoms with van der Waals surface area (Å²) in [5.74, 6) is 0.531. The Kier molecular flexibility index (Phi) is 7.96. The zero-order valence-corrected chi connectivity index (χ0v) is 20.2. The highest BCUT2D eigenvalue weighted by Crippen LogP contribution is 2.27. The molecule has 0 spiro atoms. The van der Waals surface area contributed by atoms with Crippen molar-refractivity contribution in [1.82, 2.24) is 20.0 Å². The van der Waals surface area contributed by atoms with Gasteiger partial charge in [-0.25, -0.2) is 4.68 Å². The van der Waals surface area contributed by atoms with Gasteiger partial charge < -0.3 is 9.47 Å². The molecule has 3 rings (SSSR count). The van der Waals surface area contributed by atoms with Crippen molar-refractivity contribution in [2.75, 3.05) is 19.5 Å². The molecule has 34 heavy (non-hydrogen) atoms. The van der Waals surface area contributed by atoms with E-state index in [9.17, 15) is 17.4 Å². The van der Waals surface area contributed by atoms with Crippen LogP contribution in [0.1, 0.15) is 43.6 Å². The van der Waals surface area contributed by atoms with Gasteiger partial charge in [-0.3, -0.25) is 9.19 Å². The summed E-state index contributed by atoms with van der Waals surface area (Å²) in [6.07, 6.45) is -1.44. The molecule has 184 valence electrons. The van der Waals surface area contributed by atoms with Gasteiger partial charge in [0, 0.05) is 27.5 Å². The van der Waals surface area contributed by atoms with Crippen LogP contribution in [0, 0.1) is 0 Å². The number of pyridine rings is 1. The predicted octanol–water partition coefficient (Wildman–Crippen LogP) is 4.35. The van der Waals surface area contributed by atoms with Crippen LogP contribution in [-0.2, 0) is 17.3 Å². The molecule has 11 heteroatoms. The van der Waals surface area contributed by atoms with E-state index >= 15 is 0 Å². The molecule has 0 radical (unpaired) electrons. The molecule has 0 saturated carbocycles. The smallest absolute Gasteiger partial charge is 0.422 e. The number of methoxy groups -OCH3 is 1. The van der Waals surface area contributed by atoms with Crippen LogP contribution < -0.4 is 9.47 Å². The molecule has 0 unspecified atom stereocenters. The summed E-state index contributed by atoms with van der Waals surface area (Å²) in [5.41, 5.74) is 2.09. The summed E-state index contributed by atoms with van der Waals surface area (Å²) in [6.45, 7) is 4.71. The van der Waals surface area contributed by atoms with E-state index < -0.39 is 34.2 Å². The van der Waals surface area contributed by atoms with Gasteiger partial charge in [0.15, 0.2) is 6.61 Å². The number of ether oxygens (including phenoxy) is 2. The second kappa shape index (κ2) is 10.5. The molecule has 0 aliphatic rings. The normalized spacial score (nSPS) is 14.0. The minimum atomic E-state index is -4.44. The second-order valence-corrected chi connectivity index (χ2v) is 10.9. The molecular weight excluding hydrogens is 469 g/mol. The zero-order chi connectivity index (χ0) is 24.9. The number of rotatable bonds is 9. The van der Waals surface area contributed by atoms with Crippen LogP contribution in [-0.4, -0.2) is 54.6 Å². The first-order chi connectivity index (χ1) is 15.9. The lowest BCUT2D eigenvalue weighted by molar-refractivity contribution is -0.153. The Morgan fingerprint density at radius 3 is 2.26 bits per heavy atom. The van der Waals surface area contributed by atoms with E-state index in [1.165, 1.54) is 12.3 Å². The summed E-state index contributed by atoms with van der Waals surface area (Å²) in [7, 11) is 0.368. The van der Waals surface area contributed by atoms with Gasteiger partial charge in [0.25, 0.3) is 0 Å². The van der Waals surface area contributed by atoms with E-state index in [2.05, 4.69) is 15.3 Å². The van der Waals surface area contributed by atoms with Crippen LogP contribution in [0.4, 0.5) is 13.2 Å². The van der Waals surface area contributed by atoms with Crippen molar-refractivity contribution in [2.24, 2.45) is 0 Å². The Bertz CT molecular complexity index is 1090. The van der Waals surface area contributed by atoms with Gasteiger partial charge in [-0.2, -0.15) is 13.2 Å². The summed E-state index contributed by atoms with van der Waals surface area (Å²) in [5, 5.41) is 8.49. The SMILES string of the molecule is COc1ccc(Cn2cc([C@@H](C[S@](=O)C(C)(C)C)c3ccc(OCC(F)(F)F)cn3)nn2)cc1. The highest BCUT2D eigenvalue weighted by molar-refractivity contribution is 7.86. The number of halogens is 3. The minimum Gasteiger partial charge on any atom is -0.497 e. The maximum Gasteiger partial charge on any atom is 0.422 e. The van der Waals surface area contributed by atoms with Gasteiger partial charge in [0.1, 0.15) is 11.5 Å². The third-order valence-electron chi connectivity index (χ3n) is 4.94. The summed E-state index contributed by atoms with van der Waals surface area (Å²) in [4.78, 5) is 4.29. The van der Waals surface area contributed by atoms with E-state index in [1.54, 1.807) is 24.1 Å². The zero-order valence-electron chi connectivity index (χ0n) is 19.4. The van der Waals surface area contributed by atoms with Gasteiger partial charge in [-0.05, 0) is 50.6 Å². The largest absolute Gasteiger partial charge is 0.497 e. The lowest BCUT2D eigenvalue weighted by atomic mass is 10.0. The molecule has 3 aromatic rings. The summed E-state index contributed by atoms with van der Waals surface area (Å²) < 4.78 is 61.3. The maximum atomic E-state index is 12.9. The number of nitrogens with zero attached hydrogens (tertiary/aromatic N) is 4. The Balaban J connectivity index is 1.82. The van der Waals surface area contributed by atoms with E-state index in [1.807, 2.05) is 45.0 Å². The first-order valence-electron chi connectivity index (χ1n) is 10.5. The highest BCUT2D eigenvalue weighted by Gasteiger charge is 2.30. The third-order valence-corrected chi connectivity index (χ3v) is 6.94. The van der Waals surface area contributed by atoms with Gasteiger partial charge in [0.2, 0.25) is 0 Å². The quantitative estimate of drug-likeness (QED) is 0.438. The van der Waals surface area contributed by atoms with Gasteiger partial charge in [-0.1, -0.05) is 17.3 Å². The molecule has 0 N–H and O–H groups in total. The van der Waals surface area contributed by atoms with Crippen LogP contribution in [0.5, 0.6) is 11.5 Å². The lowest BCUT2D eigenvalue weighted by Gasteiger charge is -2.21. The Labute approximate surface area is 198 Å². The minimum absolute atomic E-state index is 0.0000658. The van der Waals surface area contributed by atoms with Crippen molar-refractivity contribution in [2.45, 2.75) is 44.2 Å². The van der Waals surface area contributed by atoms with Crippen LogP contribution in [0.25, 0.3) is 0 Å². The Hall–Kier alpha value is -2.95. The third kappa shape index (κ3) is 7.28. The van der Waals surface area contributed by atoms with Crippen LogP contribution in [0.2, 0.25) is 0 Å². The average molecular weight is 497 g/mol. The van der Waals surface area contributed by atoms with Gasteiger partial charge in [0.05, 0.1) is 37.2 Å². The summed E-state index contributed by atoms with van der Waals surface area (Å²) in [6, 6.07) is 10.5. The molecule has 0 amide bonds. The van der Waals surface area contributed by atoms with Gasteiger partial charge in [-0.15, -0.1) is 5.10 Å². The molecule has 1 aromatic carbocycles. The topological polar surface area (TPSA) is 79.1 Å². The van der Waals surface area contributed by atoms with Crippen molar-refractivity contribution in [1.29, 1.82) is 0 Å². The summed E-state index contributed by atoms with van der Waals surface area (Å²) >= 11 is 0. The number of hydrogen-bond donors (Lipinski definition) is 0. The molecule has 0 aliphatic carbocycles. The Morgan fingerprint density at radius 2 is 1.71 bits per heavy atom. The van der Waals surface area contributed by atoms with Gasteiger partial charge >= 0.3 is 6.18 Å². The van der Waals surface area contributed by atoms with Crippen molar-refractivity contribution in [3.63, 3.8) is 0 Å². The number of benzene rings is 1. The fourth-order valence-corrected chi connectivity index (χ4v) is 4.18. The maximum absolute atomic E-state index is 12.9. The predicted molar refractivity (Wildman–Crippen MR) is 123 cm³/mol. The van der Waals surface area contributed by atoms with Crippen molar-refractivity contribution in [3.05, 3.63) is 65.7 Å². The molecule has 2 aromatic heterocycles. The monoisotopic (exact) mass is 496 g/mol. The van der Waals surface area contributed by atoms with Crippen LogP contribution in [0.15, 0.2) is 48.8 Å². The first-order valence-corrected chi connectivity index (χ1v) is 11.8. The van der Waals surface area contributed by atoms with Crippen LogP contribution >= 0.6 is 0 Å². The van der Waals surface area contributed by atoms with Crippen LogP contribution in [0.3, 0.4) is 0 Å². The standard InChI is InChI=1S/C23H27F3N4O3S/c1-22(2,3)34(31)14-19(20-10-9-18(11-27-20)33-15-23(24,25)26)21-13-30(29-28-21)12-16-5-7-17(32-4)8-6-16/h5-11,13,19H,12,14-15H2,1-4H3/t19-,34-/m0/s1.